The zero-order valence-corrected chi connectivity index (χ0v) is 10.2. The van der Waals surface area contributed by atoms with Gasteiger partial charge in [-0.3, -0.25) is 4.79 Å². The van der Waals surface area contributed by atoms with Crippen LogP contribution in [0.2, 0.25) is 0 Å². The van der Waals surface area contributed by atoms with Crippen molar-refractivity contribution >= 4 is 22.8 Å². The number of benzene rings is 1. The second-order valence-electron chi connectivity index (χ2n) is 3.91. The molecule has 2 aromatic rings. The summed E-state index contributed by atoms with van der Waals surface area (Å²) < 4.78 is 9.75. The predicted octanol–water partition coefficient (Wildman–Crippen LogP) is 1.56. The molecule has 2 rings (SSSR count). The Labute approximate surface area is 104 Å². The molecule has 0 fully saturated rings. The Kier molecular flexibility index (Phi) is 3.32. The molecular weight excluding hydrogens is 234 g/mol. The van der Waals surface area contributed by atoms with Gasteiger partial charge in [0.25, 0.3) is 0 Å². The van der Waals surface area contributed by atoms with E-state index in [4.69, 9.17) is 4.42 Å². The number of hydrogen-bond donors (Lipinski definition) is 0. The highest BCUT2D eigenvalue weighted by atomic mass is 16.5. The van der Waals surface area contributed by atoms with E-state index >= 15 is 0 Å². The SMILES string of the molecule is COC(=O)C(=O)N(C)Cc1coc2ccccc12. The summed E-state index contributed by atoms with van der Waals surface area (Å²) in [5, 5.41) is 0.932. The Balaban J connectivity index is 2.19. The van der Waals surface area contributed by atoms with Crippen LogP contribution in [0.1, 0.15) is 5.56 Å². The number of ether oxygens (including phenoxy) is 1. The minimum Gasteiger partial charge on any atom is -0.464 e. The number of fused-ring (bicyclic) bond motifs is 1. The second kappa shape index (κ2) is 4.91. The Morgan fingerprint density at radius 1 is 1.33 bits per heavy atom. The minimum absolute atomic E-state index is 0.297. The summed E-state index contributed by atoms with van der Waals surface area (Å²) >= 11 is 0. The van der Waals surface area contributed by atoms with Crippen molar-refractivity contribution in [2.45, 2.75) is 6.54 Å². The summed E-state index contributed by atoms with van der Waals surface area (Å²) in [5.74, 6) is -1.55. The van der Waals surface area contributed by atoms with E-state index < -0.39 is 11.9 Å². The molecule has 1 heterocycles. The number of furan rings is 1. The van der Waals surface area contributed by atoms with Crippen LogP contribution in [0.25, 0.3) is 11.0 Å². The molecule has 0 aliphatic rings. The van der Waals surface area contributed by atoms with Crippen molar-refractivity contribution in [2.75, 3.05) is 14.2 Å². The van der Waals surface area contributed by atoms with E-state index in [2.05, 4.69) is 4.74 Å². The zero-order valence-electron chi connectivity index (χ0n) is 10.2. The highest BCUT2D eigenvalue weighted by Gasteiger charge is 2.20. The van der Waals surface area contributed by atoms with E-state index in [1.54, 1.807) is 13.3 Å². The summed E-state index contributed by atoms with van der Waals surface area (Å²) in [6, 6.07) is 7.52. The molecule has 5 heteroatoms. The number of amides is 1. The van der Waals surface area contributed by atoms with Crippen molar-refractivity contribution in [3.8, 4) is 0 Å². The van der Waals surface area contributed by atoms with Gasteiger partial charge in [0.05, 0.1) is 13.4 Å². The van der Waals surface area contributed by atoms with Crippen molar-refractivity contribution in [1.82, 2.24) is 4.90 Å². The molecule has 0 aliphatic heterocycles. The molecule has 0 atom stereocenters. The molecule has 0 bridgehead atoms. The molecule has 18 heavy (non-hydrogen) atoms. The Morgan fingerprint density at radius 3 is 2.78 bits per heavy atom. The maximum atomic E-state index is 11.6. The molecule has 0 saturated heterocycles. The first kappa shape index (κ1) is 12.2. The lowest BCUT2D eigenvalue weighted by Gasteiger charge is -2.14. The number of methoxy groups -OCH3 is 1. The Hall–Kier alpha value is -2.30. The van der Waals surface area contributed by atoms with Crippen LogP contribution in [0.4, 0.5) is 0 Å². The number of para-hydroxylation sites is 1. The molecule has 0 unspecified atom stereocenters. The number of carbonyl (C=O) groups excluding carboxylic acids is 2. The van der Waals surface area contributed by atoms with Crippen molar-refractivity contribution < 1.29 is 18.7 Å². The molecule has 0 aliphatic carbocycles. The number of carbonyl (C=O) groups is 2. The zero-order chi connectivity index (χ0) is 13.1. The van der Waals surface area contributed by atoms with Gasteiger partial charge in [-0.1, -0.05) is 18.2 Å². The molecule has 5 nitrogen and oxygen atoms in total. The molecule has 0 saturated carbocycles. The lowest BCUT2D eigenvalue weighted by Crippen LogP contribution is -2.33. The van der Waals surface area contributed by atoms with Crippen LogP contribution in [0, 0.1) is 0 Å². The largest absolute Gasteiger partial charge is 0.464 e. The highest BCUT2D eigenvalue weighted by molar-refractivity contribution is 6.32. The van der Waals surface area contributed by atoms with E-state index in [0.29, 0.717) is 6.54 Å². The van der Waals surface area contributed by atoms with Crippen molar-refractivity contribution in [2.24, 2.45) is 0 Å². The van der Waals surface area contributed by atoms with E-state index in [1.807, 2.05) is 24.3 Å². The molecule has 0 radical (unpaired) electrons. The maximum absolute atomic E-state index is 11.6. The molecule has 94 valence electrons. The molecule has 1 aromatic carbocycles. The summed E-state index contributed by atoms with van der Waals surface area (Å²) in [6.45, 7) is 0.297. The first-order valence-corrected chi connectivity index (χ1v) is 5.42. The summed E-state index contributed by atoms with van der Waals surface area (Å²) in [6.07, 6.45) is 1.59. The fraction of sp³-hybridized carbons (Fsp3) is 0.231. The van der Waals surface area contributed by atoms with Gasteiger partial charge in [-0.2, -0.15) is 0 Å². The van der Waals surface area contributed by atoms with Gasteiger partial charge in [0.2, 0.25) is 0 Å². The van der Waals surface area contributed by atoms with Gasteiger partial charge in [0, 0.05) is 24.5 Å². The molecular formula is C13H13NO4. The van der Waals surface area contributed by atoms with Crippen LogP contribution in [0.5, 0.6) is 0 Å². The van der Waals surface area contributed by atoms with Crippen LogP contribution >= 0.6 is 0 Å². The fourth-order valence-electron chi connectivity index (χ4n) is 1.73. The van der Waals surface area contributed by atoms with Crippen LogP contribution in [0.15, 0.2) is 34.9 Å². The highest BCUT2D eigenvalue weighted by Crippen LogP contribution is 2.21. The number of nitrogens with zero attached hydrogens (tertiary/aromatic N) is 1. The van der Waals surface area contributed by atoms with E-state index in [9.17, 15) is 9.59 Å². The monoisotopic (exact) mass is 247 g/mol. The van der Waals surface area contributed by atoms with E-state index in [1.165, 1.54) is 12.0 Å². The van der Waals surface area contributed by atoms with E-state index in [-0.39, 0.29) is 0 Å². The first-order chi connectivity index (χ1) is 8.63. The van der Waals surface area contributed by atoms with Crippen LogP contribution in [0.3, 0.4) is 0 Å². The van der Waals surface area contributed by atoms with Gasteiger partial charge in [0.15, 0.2) is 0 Å². The number of hydrogen-bond acceptors (Lipinski definition) is 4. The average Bonchev–Trinajstić information content (AvgIpc) is 2.80. The van der Waals surface area contributed by atoms with Gasteiger partial charge >= 0.3 is 11.9 Å². The fourth-order valence-corrected chi connectivity index (χ4v) is 1.73. The second-order valence-corrected chi connectivity index (χ2v) is 3.91. The molecule has 1 aromatic heterocycles. The van der Waals surface area contributed by atoms with Gasteiger partial charge in [-0.15, -0.1) is 0 Å². The number of likely N-dealkylation sites (N-methyl/N-ethyl adjacent to an activating group) is 1. The third kappa shape index (κ3) is 2.20. The third-order valence-corrected chi connectivity index (χ3v) is 2.68. The van der Waals surface area contributed by atoms with Gasteiger partial charge < -0.3 is 14.1 Å². The Morgan fingerprint density at radius 2 is 2.06 bits per heavy atom. The maximum Gasteiger partial charge on any atom is 0.396 e. The predicted molar refractivity (Wildman–Crippen MR) is 64.7 cm³/mol. The number of rotatable bonds is 2. The molecule has 0 spiro atoms. The quantitative estimate of drug-likeness (QED) is 0.597. The normalized spacial score (nSPS) is 10.3. The standard InChI is InChI=1S/C13H13NO4/c1-14(12(15)13(16)17-2)7-9-8-18-11-6-4-3-5-10(9)11/h3-6,8H,7H2,1-2H3. The van der Waals surface area contributed by atoms with Crippen LogP contribution in [-0.4, -0.2) is 30.9 Å². The third-order valence-electron chi connectivity index (χ3n) is 2.68. The first-order valence-electron chi connectivity index (χ1n) is 5.42. The average molecular weight is 247 g/mol. The summed E-state index contributed by atoms with van der Waals surface area (Å²) in [7, 11) is 2.72. The van der Waals surface area contributed by atoms with Crippen molar-refractivity contribution in [1.29, 1.82) is 0 Å². The topological polar surface area (TPSA) is 59.8 Å². The van der Waals surface area contributed by atoms with Crippen LogP contribution in [-0.2, 0) is 20.9 Å². The van der Waals surface area contributed by atoms with Gasteiger partial charge in [-0.05, 0) is 6.07 Å². The Bertz CT molecular complexity index is 587. The number of esters is 1. The lowest BCUT2D eigenvalue weighted by molar-refractivity contribution is -0.157. The van der Waals surface area contributed by atoms with Gasteiger partial charge in [0.1, 0.15) is 5.58 Å². The smallest absolute Gasteiger partial charge is 0.396 e. The minimum atomic E-state index is -0.870. The lowest BCUT2D eigenvalue weighted by atomic mass is 10.1. The van der Waals surface area contributed by atoms with E-state index in [0.717, 1.165) is 16.5 Å². The molecule has 1 amide bonds. The van der Waals surface area contributed by atoms with Crippen molar-refractivity contribution in [3.63, 3.8) is 0 Å². The summed E-state index contributed by atoms with van der Waals surface area (Å²) in [5.41, 5.74) is 1.61. The summed E-state index contributed by atoms with van der Waals surface area (Å²) in [4.78, 5) is 24.0. The van der Waals surface area contributed by atoms with Gasteiger partial charge in [-0.25, -0.2) is 4.79 Å². The molecule has 0 N–H and O–H groups in total. The van der Waals surface area contributed by atoms with Crippen LogP contribution < -0.4 is 0 Å². The van der Waals surface area contributed by atoms with Crippen molar-refractivity contribution in [3.05, 3.63) is 36.1 Å².